The smallest absolute Gasteiger partial charge is 0.164 e. The first-order valence-electron chi connectivity index (χ1n) is 5.53. The number of carbonyl (C=O) groups excluding carboxylic acids is 1. The molecule has 1 heterocycles. The van der Waals surface area contributed by atoms with Gasteiger partial charge in [-0.2, -0.15) is 5.10 Å². The molecule has 2 rings (SSSR count). The van der Waals surface area contributed by atoms with E-state index in [4.69, 9.17) is 11.6 Å². The van der Waals surface area contributed by atoms with Crippen molar-refractivity contribution in [2.45, 2.75) is 12.8 Å². The average Bonchev–Trinajstić information content (AvgIpc) is 2.72. The van der Waals surface area contributed by atoms with Crippen molar-refractivity contribution in [2.24, 2.45) is 7.05 Å². The van der Waals surface area contributed by atoms with E-state index in [1.54, 1.807) is 23.0 Å². The highest BCUT2D eigenvalue weighted by molar-refractivity contribution is 9.10. The Morgan fingerprint density at radius 1 is 1.44 bits per heavy atom. The highest BCUT2D eigenvalue weighted by Gasteiger charge is 2.11. The molecule has 18 heavy (non-hydrogen) atoms. The lowest BCUT2D eigenvalue weighted by Crippen LogP contribution is -2.05. The van der Waals surface area contributed by atoms with E-state index in [0.717, 1.165) is 10.2 Å². The molecule has 0 spiro atoms. The molecule has 94 valence electrons. The minimum Gasteiger partial charge on any atom is -0.294 e. The van der Waals surface area contributed by atoms with Crippen LogP contribution in [0.1, 0.15) is 22.5 Å². The van der Waals surface area contributed by atoms with Gasteiger partial charge in [0.2, 0.25) is 0 Å². The lowest BCUT2D eigenvalue weighted by atomic mass is 10.1. The molecule has 0 saturated carbocycles. The summed E-state index contributed by atoms with van der Waals surface area (Å²) in [4.78, 5) is 12.1. The summed E-state index contributed by atoms with van der Waals surface area (Å²) < 4.78 is 2.65. The van der Waals surface area contributed by atoms with Crippen molar-refractivity contribution in [1.82, 2.24) is 9.78 Å². The number of aryl methyl sites for hydroxylation is 2. The van der Waals surface area contributed by atoms with Gasteiger partial charge in [0.25, 0.3) is 0 Å². The number of benzene rings is 1. The van der Waals surface area contributed by atoms with E-state index in [2.05, 4.69) is 21.0 Å². The Morgan fingerprint density at radius 2 is 2.22 bits per heavy atom. The normalized spacial score (nSPS) is 10.6. The van der Waals surface area contributed by atoms with Crippen molar-refractivity contribution in [3.63, 3.8) is 0 Å². The molecular formula is C13H12BrClN2O. The Balaban J connectivity index is 2.06. The van der Waals surface area contributed by atoms with E-state index < -0.39 is 0 Å². The van der Waals surface area contributed by atoms with E-state index in [0.29, 0.717) is 23.4 Å². The van der Waals surface area contributed by atoms with Gasteiger partial charge in [0.05, 0.1) is 5.02 Å². The predicted molar refractivity (Wildman–Crippen MR) is 75.0 cm³/mol. The third kappa shape index (κ3) is 3.00. The number of aromatic nitrogens is 2. The number of hydrogen-bond donors (Lipinski definition) is 0. The van der Waals surface area contributed by atoms with Crippen molar-refractivity contribution in [1.29, 1.82) is 0 Å². The van der Waals surface area contributed by atoms with E-state index in [9.17, 15) is 4.79 Å². The van der Waals surface area contributed by atoms with Crippen LogP contribution in [0.2, 0.25) is 5.02 Å². The predicted octanol–water partition coefficient (Wildman–Crippen LogP) is 3.65. The zero-order valence-electron chi connectivity index (χ0n) is 9.86. The van der Waals surface area contributed by atoms with Crippen LogP contribution in [0.15, 0.2) is 34.9 Å². The minimum atomic E-state index is 0.0497. The van der Waals surface area contributed by atoms with E-state index in [-0.39, 0.29) is 5.78 Å². The monoisotopic (exact) mass is 326 g/mol. The Morgan fingerprint density at radius 3 is 2.83 bits per heavy atom. The molecule has 2 aromatic rings. The van der Waals surface area contributed by atoms with Gasteiger partial charge in [-0.25, -0.2) is 0 Å². The molecule has 0 radical (unpaired) electrons. The van der Waals surface area contributed by atoms with Crippen molar-refractivity contribution in [3.05, 3.63) is 51.2 Å². The highest BCUT2D eigenvalue weighted by Crippen LogP contribution is 2.22. The van der Waals surface area contributed by atoms with E-state index in [1.807, 2.05) is 19.2 Å². The van der Waals surface area contributed by atoms with Gasteiger partial charge in [-0.05, 0) is 30.7 Å². The molecule has 0 amide bonds. The van der Waals surface area contributed by atoms with E-state index >= 15 is 0 Å². The van der Waals surface area contributed by atoms with Crippen LogP contribution in [-0.4, -0.2) is 15.6 Å². The molecule has 0 fully saturated rings. The van der Waals surface area contributed by atoms with Gasteiger partial charge in [-0.1, -0.05) is 27.5 Å². The largest absolute Gasteiger partial charge is 0.294 e. The number of halogens is 2. The fraction of sp³-hybridized carbons (Fsp3) is 0.231. The Hall–Kier alpha value is -1.13. The summed E-state index contributed by atoms with van der Waals surface area (Å²) in [6.07, 6.45) is 2.83. The van der Waals surface area contributed by atoms with Crippen LogP contribution in [0.3, 0.4) is 0 Å². The van der Waals surface area contributed by atoms with Crippen molar-refractivity contribution in [2.75, 3.05) is 0 Å². The molecule has 0 aliphatic rings. The molecule has 3 nitrogen and oxygen atoms in total. The molecule has 0 atom stereocenters. The summed E-state index contributed by atoms with van der Waals surface area (Å²) in [7, 11) is 1.87. The van der Waals surface area contributed by atoms with Crippen LogP contribution >= 0.6 is 27.5 Å². The molecule has 0 bridgehead atoms. The third-order valence-electron chi connectivity index (χ3n) is 2.76. The van der Waals surface area contributed by atoms with Gasteiger partial charge >= 0.3 is 0 Å². The Kier molecular flexibility index (Phi) is 4.19. The number of rotatable bonds is 4. The van der Waals surface area contributed by atoms with Crippen LogP contribution < -0.4 is 0 Å². The average molecular weight is 328 g/mol. The summed E-state index contributed by atoms with van der Waals surface area (Å²) in [6.45, 7) is 0. The second kappa shape index (κ2) is 5.67. The summed E-state index contributed by atoms with van der Waals surface area (Å²) in [5.41, 5.74) is 1.61. The van der Waals surface area contributed by atoms with Crippen molar-refractivity contribution in [3.8, 4) is 0 Å². The fourth-order valence-corrected chi connectivity index (χ4v) is 2.52. The number of Topliss-reactive ketones (excluding diaryl/α,β-unsaturated/α-hetero) is 1. The zero-order valence-corrected chi connectivity index (χ0v) is 12.2. The second-order valence-electron chi connectivity index (χ2n) is 3.99. The SMILES string of the molecule is Cn1nccc1CCC(=O)c1ccc(Br)cc1Cl. The Bertz CT molecular complexity index is 580. The van der Waals surface area contributed by atoms with Crippen molar-refractivity contribution >= 4 is 33.3 Å². The van der Waals surface area contributed by atoms with Crippen molar-refractivity contribution < 1.29 is 4.79 Å². The van der Waals surface area contributed by atoms with Crippen LogP contribution in [0.25, 0.3) is 0 Å². The quantitative estimate of drug-likeness (QED) is 0.803. The van der Waals surface area contributed by atoms with Gasteiger partial charge in [0.1, 0.15) is 0 Å². The lowest BCUT2D eigenvalue weighted by Gasteiger charge is -2.04. The summed E-state index contributed by atoms with van der Waals surface area (Å²) in [6, 6.07) is 7.22. The maximum Gasteiger partial charge on any atom is 0.164 e. The maximum absolute atomic E-state index is 12.1. The highest BCUT2D eigenvalue weighted by atomic mass is 79.9. The molecule has 0 aliphatic heterocycles. The summed E-state index contributed by atoms with van der Waals surface area (Å²) >= 11 is 9.37. The molecule has 0 N–H and O–H groups in total. The first-order chi connectivity index (χ1) is 8.58. The van der Waals surface area contributed by atoms with Crippen LogP contribution in [0.4, 0.5) is 0 Å². The molecule has 0 aliphatic carbocycles. The minimum absolute atomic E-state index is 0.0497. The Labute approximate surface area is 119 Å². The van der Waals surface area contributed by atoms with Gasteiger partial charge in [-0.3, -0.25) is 9.48 Å². The van der Waals surface area contributed by atoms with Gasteiger partial charge in [-0.15, -0.1) is 0 Å². The maximum atomic E-state index is 12.1. The molecule has 0 unspecified atom stereocenters. The topological polar surface area (TPSA) is 34.9 Å². The van der Waals surface area contributed by atoms with Crippen LogP contribution in [-0.2, 0) is 13.5 Å². The number of hydrogen-bond acceptors (Lipinski definition) is 2. The number of nitrogens with zero attached hydrogens (tertiary/aromatic N) is 2. The summed E-state index contributed by atoms with van der Waals surface area (Å²) in [5, 5.41) is 4.56. The van der Waals surface area contributed by atoms with Gasteiger partial charge < -0.3 is 0 Å². The molecule has 1 aromatic carbocycles. The summed E-state index contributed by atoms with van der Waals surface area (Å²) in [5.74, 6) is 0.0497. The lowest BCUT2D eigenvalue weighted by molar-refractivity contribution is 0.0982. The van der Waals surface area contributed by atoms with Gasteiger partial charge in [0, 0.05) is 35.4 Å². The van der Waals surface area contributed by atoms with Crippen LogP contribution in [0.5, 0.6) is 0 Å². The third-order valence-corrected chi connectivity index (χ3v) is 3.57. The van der Waals surface area contributed by atoms with Crippen LogP contribution in [0, 0.1) is 0 Å². The number of ketones is 1. The second-order valence-corrected chi connectivity index (χ2v) is 5.32. The number of carbonyl (C=O) groups is 1. The first-order valence-corrected chi connectivity index (χ1v) is 6.70. The molecular weight excluding hydrogens is 316 g/mol. The first kappa shape index (κ1) is 13.3. The fourth-order valence-electron chi connectivity index (χ4n) is 1.74. The zero-order chi connectivity index (χ0) is 13.1. The molecule has 1 aromatic heterocycles. The van der Waals surface area contributed by atoms with Gasteiger partial charge in [0.15, 0.2) is 5.78 Å². The molecule has 5 heteroatoms. The van der Waals surface area contributed by atoms with E-state index in [1.165, 1.54) is 0 Å². The standard InChI is InChI=1S/C13H12BrClN2O/c1-17-10(6-7-16-17)3-5-13(18)11-4-2-9(14)8-12(11)15/h2,4,6-8H,3,5H2,1H3. The molecule has 0 saturated heterocycles.